The number of hydrogen-bond donors (Lipinski definition) is 0. The fourth-order valence-electron chi connectivity index (χ4n) is 2.13. The van der Waals surface area contributed by atoms with Crippen molar-refractivity contribution in [2.75, 3.05) is 13.1 Å². The molecule has 1 aromatic rings. The van der Waals surface area contributed by atoms with Crippen molar-refractivity contribution in [1.82, 2.24) is 4.31 Å². The van der Waals surface area contributed by atoms with Crippen molar-refractivity contribution in [3.63, 3.8) is 0 Å². The summed E-state index contributed by atoms with van der Waals surface area (Å²) in [5.74, 6) is 0.477. The molecular formula is C12H17NO2S2. The number of piperidine rings is 1. The summed E-state index contributed by atoms with van der Waals surface area (Å²) in [5.41, 5.74) is 1.16. The number of nitrogens with zero attached hydrogens (tertiary/aromatic N) is 1. The highest BCUT2D eigenvalue weighted by atomic mass is 32.2. The molecule has 0 amide bonds. The molecule has 0 unspecified atom stereocenters. The first kappa shape index (κ1) is 12.8. The van der Waals surface area contributed by atoms with E-state index in [1.165, 1.54) is 11.3 Å². The van der Waals surface area contributed by atoms with E-state index in [2.05, 4.69) is 6.58 Å². The van der Waals surface area contributed by atoms with Gasteiger partial charge >= 0.3 is 0 Å². The molecule has 1 saturated heterocycles. The maximum absolute atomic E-state index is 12.2. The van der Waals surface area contributed by atoms with Gasteiger partial charge in [-0.1, -0.05) is 18.2 Å². The predicted octanol–water partition coefficient (Wildman–Crippen LogP) is 2.72. The molecule has 1 aliphatic rings. The molecule has 1 fully saturated rings. The average Bonchev–Trinajstić information content (AvgIpc) is 2.83. The zero-order valence-electron chi connectivity index (χ0n) is 9.93. The van der Waals surface area contributed by atoms with Crippen LogP contribution in [0.25, 0.3) is 0 Å². The fourth-order valence-corrected chi connectivity index (χ4v) is 4.74. The van der Waals surface area contributed by atoms with Crippen LogP contribution in [0, 0.1) is 5.92 Å². The molecule has 0 saturated carbocycles. The lowest BCUT2D eigenvalue weighted by Crippen LogP contribution is -2.38. The monoisotopic (exact) mass is 271 g/mol. The third-order valence-corrected chi connectivity index (χ3v) is 6.51. The molecule has 0 N–H and O–H groups in total. The Morgan fingerprint density at radius 2 is 2.12 bits per heavy atom. The van der Waals surface area contributed by atoms with Gasteiger partial charge in [0.1, 0.15) is 4.21 Å². The van der Waals surface area contributed by atoms with E-state index in [9.17, 15) is 8.42 Å². The van der Waals surface area contributed by atoms with Gasteiger partial charge < -0.3 is 0 Å². The van der Waals surface area contributed by atoms with Crippen LogP contribution in [0.5, 0.6) is 0 Å². The number of sulfonamides is 1. The Hall–Kier alpha value is -0.650. The molecule has 0 bridgehead atoms. The molecule has 1 aliphatic heterocycles. The van der Waals surface area contributed by atoms with Gasteiger partial charge in [-0.15, -0.1) is 11.3 Å². The topological polar surface area (TPSA) is 37.4 Å². The van der Waals surface area contributed by atoms with Crippen molar-refractivity contribution in [3.05, 3.63) is 29.7 Å². The van der Waals surface area contributed by atoms with Crippen LogP contribution >= 0.6 is 11.3 Å². The van der Waals surface area contributed by atoms with Crippen LogP contribution in [0.2, 0.25) is 0 Å². The maximum atomic E-state index is 12.2. The summed E-state index contributed by atoms with van der Waals surface area (Å²) in [6.07, 6.45) is 1.78. The summed E-state index contributed by atoms with van der Waals surface area (Å²) in [4.78, 5) is 0. The molecule has 0 aromatic carbocycles. The van der Waals surface area contributed by atoms with Gasteiger partial charge in [0.25, 0.3) is 10.0 Å². The van der Waals surface area contributed by atoms with E-state index >= 15 is 0 Å². The first-order chi connectivity index (χ1) is 8.01. The van der Waals surface area contributed by atoms with E-state index in [-0.39, 0.29) is 0 Å². The summed E-state index contributed by atoms with van der Waals surface area (Å²) < 4.78 is 26.5. The molecule has 2 rings (SSSR count). The first-order valence-electron chi connectivity index (χ1n) is 5.71. The largest absolute Gasteiger partial charge is 0.252 e. The summed E-state index contributed by atoms with van der Waals surface area (Å²) in [6.45, 7) is 7.19. The average molecular weight is 271 g/mol. The summed E-state index contributed by atoms with van der Waals surface area (Å²) in [5, 5.41) is 1.80. The van der Waals surface area contributed by atoms with Gasteiger partial charge in [0.15, 0.2) is 0 Å². The number of allylic oxidation sites excluding steroid dienone is 1. The molecule has 0 aliphatic carbocycles. The van der Waals surface area contributed by atoms with Crippen molar-refractivity contribution in [2.24, 2.45) is 5.92 Å². The van der Waals surface area contributed by atoms with Crippen molar-refractivity contribution in [2.45, 2.75) is 24.0 Å². The highest BCUT2D eigenvalue weighted by Crippen LogP contribution is 2.28. The van der Waals surface area contributed by atoms with Crippen molar-refractivity contribution in [1.29, 1.82) is 0 Å². The van der Waals surface area contributed by atoms with E-state index < -0.39 is 10.0 Å². The van der Waals surface area contributed by atoms with E-state index in [0.29, 0.717) is 23.2 Å². The molecular weight excluding hydrogens is 254 g/mol. The molecule has 1 aromatic heterocycles. The molecule has 2 heterocycles. The van der Waals surface area contributed by atoms with Gasteiger partial charge in [0, 0.05) is 13.1 Å². The lowest BCUT2D eigenvalue weighted by Gasteiger charge is -2.31. The molecule has 3 nitrogen and oxygen atoms in total. The van der Waals surface area contributed by atoms with E-state index in [0.717, 1.165) is 18.4 Å². The highest BCUT2D eigenvalue weighted by molar-refractivity contribution is 7.91. The summed E-state index contributed by atoms with van der Waals surface area (Å²) >= 11 is 1.28. The van der Waals surface area contributed by atoms with Crippen molar-refractivity contribution < 1.29 is 8.42 Å². The molecule has 0 radical (unpaired) electrons. The van der Waals surface area contributed by atoms with Gasteiger partial charge in [-0.3, -0.25) is 0 Å². The molecule has 94 valence electrons. The number of rotatable bonds is 3. The predicted molar refractivity (Wildman–Crippen MR) is 70.6 cm³/mol. The quantitative estimate of drug-likeness (QED) is 0.793. The maximum Gasteiger partial charge on any atom is 0.252 e. The molecule has 17 heavy (non-hydrogen) atoms. The minimum absolute atomic E-state index is 0.450. The van der Waals surface area contributed by atoms with Crippen LogP contribution in [-0.2, 0) is 10.0 Å². The Morgan fingerprint density at radius 1 is 1.47 bits per heavy atom. The van der Waals surface area contributed by atoms with Gasteiger partial charge in [-0.25, -0.2) is 8.42 Å². The van der Waals surface area contributed by atoms with E-state index in [4.69, 9.17) is 0 Å². The van der Waals surface area contributed by atoms with Crippen LogP contribution in [0.3, 0.4) is 0 Å². The molecule has 0 spiro atoms. The zero-order valence-corrected chi connectivity index (χ0v) is 11.6. The lowest BCUT2D eigenvalue weighted by atomic mass is 9.92. The van der Waals surface area contributed by atoms with Crippen LogP contribution in [0.4, 0.5) is 0 Å². The summed E-state index contributed by atoms with van der Waals surface area (Å²) in [7, 11) is -3.25. The number of thiophene rings is 1. The Labute approximate surface area is 107 Å². The third kappa shape index (κ3) is 2.61. The minimum atomic E-state index is -3.25. The number of hydrogen-bond acceptors (Lipinski definition) is 3. The van der Waals surface area contributed by atoms with E-state index in [1.54, 1.807) is 21.8 Å². The highest BCUT2D eigenvalue weighted by Gasteiger charge is 2.29. The first-order valence-corrected chi connectivity index (χ1v) is 8.03. The van der Waals surface area contributed by atoms with Crippen molar-refractivity contribution in [3.8, 4) is 0 Å². The second kappa shape index (κ2) is 4.92. The Kier molecular flexibility index (Phi) is 3.70. The van der Waals surface area contributed by atoms with Gasteiger partial charge in [0.05, 0.1) is 0 Å². The Morgan fingerprint density at radius 3 is 2.59 bits per heavy atom. The zero-order chi connectivity index (χ0) is 12.5. The standard InChI is InChI=1S/C12H17NO2S2/c1-10(2)11-5-7-13(8-6-11)17(14,15)12-4-3-9-16-12/h3-4,9,11H,1,5-8H2,2H3. The van der Waals surface area contributed by atoms with Crippen LogP contribution in [-0.4, -0.2) is 25.8 Å². The smallest absolute Gasteiger partial charge is 0.206 e. The van der Waals surface area contributed by atoms with Crippen LogP contribution < -0.4 is 0 Å². The van der Waals surface area contributed by atoms with Gasteiger partial charge in [0.2, 0.25) is 0 Å². The lowest BCUT2D eigenvalue weighted by molar-refractivity contribution is 0.299. The minimum Gasteiger partial charge on any atom is -0.206 e. The van der Waals surface area contributed by atoms with Crippen LogP contribution in [0.15, 0.2) is 33.9 Å². The van der Waals surface area contributed by atoms with Gasteiger partial charge in [-0.2, -0.15) is 4.31 Å². The summed E-state index contributed by atoms with van der Waals surface area (Å²) in [6, 6.07) is 3.45. The second-order valence-corrected chi connectivity index (χ2v) is 7.57. The third-order valence-electron chi connectivity index (χ3n) is 3.24. The Bertz CT molecular complexity index is 483. The molecule has 0 atom stereocenters. The second-order valence-electron chi connectivity index (χ2n) is 4.46. The molecule has 5 heteroatoms. The SMILES string of the molecule is C=C(C)C1CCN(S(=O)(=O)c2cccs2)CC1. The van der Waals surface area contributed by atoms with Crippen molar-refractivity contribution >= 4 is 21.4 Å². The van der Waals surface area contributed by atoms with Gasteiger partial charge in [-0.05, 0) is 37.1 Å². The normalized spacial score (nSPS) is 19.4. The van der Waals surface area contributed by atoms with Crippen LogP contribution in [0.1, 0.15) is 19.8 Å². The Balaban J connectivity index is 2.09. The van der Waals surface area contributed by atoms with E-state index in [1.807, 2.05) is 6.92 Å². The fraction of sp³-hybridized carbons (Fsp3) is 0.500.